The van der Waals surface area contributed by atoms with E-state index in [0.29, 0.717) is 5.56 Å². The number of nitrogen functional groups attached to an aromatic ring is 1. The summed E-state index contributed by atoms with van der Waals surface area (Å²) in [6.45, 7) is 5.97. The molecule has 0 saturated heterocycles. The first kappa shape index (κ1) is 12.3. The largest absolute Gasteiger partial charge is 0.382 e. The molecule has 0 spiro atoms. The molecular formula is C11H16N4O. The molecule has 86 valence electrons. The smallest absolute Gasteiger partial charge is 0.350 e. The molecule has 0 amide bonds. The topological polar surface area (TPSA) is 86.9 Å². The maximum absolute atomic E-state index is 11.6. The van der Waals surface area contributed by atoms with Crippen LogP contribution >= 0.6 is 0 Å². The molecule has 0 aliphatic rings. The van der Waals surface area contributed by atoms with Gasteiger partial charge >= 0.3 is 5.69 Å². The average Bonchev–Trinajstić information content (AvgIpc) is 2.14. The van der Waals surface area contributed by atoms with Crippen LogP contribution in [-0.4, -0.2) is 16.1 Å². The van der Waals surface area contributed by atoms with Crippen molar-refractivity contribution in [3.63, 3.8) is 0 Å². The molecule has 4 N–H and O–H groups in total. The fourth-order valence-electron chi connectivity index (χ4n) is 1.19. The Bertz CT molecular complexity index is 499. The summed E-state index contributed by atoms with van der Waals surface area (Å²) in [4.78, 5) is 15.3. The van der Waals surface area contributed by atoms with Gasteiger partial charge in [-0.1, -0.05) is 11.8 Å². The summed E-state index contributed by atoms with van der Waals surface area (Å²) < 4.78 is 1.50. The molecule has 0 fully saturated rings. The summed E-state index contributed by atoms with van der Waals surface area (Å²) in [5.41, 5.74) is 10.7. The van der Waals surface area contributed by atoms with Crippen molar-refractivity contribution in [1.29, 1.82) is 0 Å². The lowest BCUT2D eigenvalue weighted by Gasteiger charge is -2.21. The highest BCUT2D eigenvalue weighted by atomic mass is 16.1. The van der Waals surface area contributed by atoms with Crippen molar-refractivity contribution in [2.24, 2.45) is 5.73 Å². The molecule has 0 aromatic carbocycles. The number of nitrogens with zero attached hydrogens (tertiary/aromatic N) is 2. The number of rotatable bonds is 0. The standard InChI is InChI=1S/C11H16N4O/c1-11(2,3)15-7-8(5-4-6-12)9(13)14-10(15)16/h7H,6,12H2,1-3H3,(H2,13,14,16). The van der Waals surface area contributed by atoms with E-state index in [1.54, 1.807) is 6.20 Å². The Kier molecular flexibility index (Phi) is 3.35. The van der Waals surface area contributed by atoms with Crippen molar-refractivity contribution in [3.8, 4) is 11.8 Å². The molecule has 1 rings (SSSR count). The van der Waals surface area contributed by atoms with Gasteiger partial charge in [-0.3, -0.25) is 4.57 Å². The van der Waals surface area contributed by atoms with Gasteiger partial charge in [0.15, 0.2) is 0 Å². The third-order valence-electron chi connectivity index (χ3n) is 2.00. The third kappa shape index (κ3) is 2.61. The summed E-state index contributed by atoms with van der Waals surface area (Å²) in [7, 11) is 0. The monoisotopic (exact) mass is 220 g/mol. The highest BCUT2D eigenvalue weighted by Crippen LogP contribution is 2.12. The molecule has 0 radical (unpaired) electrons. The minimum atomic E-state index is -0.372. The normalized spacial score (nSPS) is 10.8. The van der Waals surface area contributed by atoms with Crippen LogP contribution in [0.15, 0.2) is 11.0 Å². The van der Waals surface area contributed by atoms with Crippen LogP contribution < -0.4 is 17.2 Å². The lowest BCUT2D eigenvalue weighted by Crippen LogP contribution is -2.35. The molecule has 16 heavy (non-hydrogen) atoms. The van der Waals surface area contributed by atoms with E-state index in [-0.39, 0.29) is 23.6 Å². The average molecular weight is 220 g/mol. The van der Waals surface area contributed by atoms with E-state index in [0.717, 1.165) is 0 Å². The number of hydrogen-bond donors (Lipinski definition) is 2. The lowest BCUT2D eigenvalue weighted by molar-refractivity contribution is 0.377. The second kappa shape index (κ2) is 4.37. The van der Waals surface area contributed by atoms with E-state index < -0.39 is 0 Å². The van der Waals surface area contributed by atoms with Gasteiger partial charge in [-0.25, -0.2) is 4.79 Å². The maximum atomic E-state index is 11.6. The molecular weight excluding hydrogens is 204 g/mol. The Labute approximate surface area is 94.5 Å². The predicted octanol–water partition coefficient (Wildman–Crippen LogP) is -0.109. The van der Waals surface area contributed by atoms with Crippen LogP contribution in [0.25, 0.3) is 0 Å². The minimum absolute atomic E-state index is 0.145. The zero-order valence-electron chi connectivity index (χ0n) is 9.74. The van der Waals surface area contributed by atoms with Crippen LogP contribution in [0.3, 0.4) is 0 Å². The van der Waals surface area contributed by atoms with E-state index in [2.05, 4.69) is 16.8 Å². The van der Waals surface area contributed by atoms with Crippen molar-refractivity contribution in [2.75, 3.05) is 12.3 Å². The number of anilines is 1. The first-order valence-corrected chi connectivity index (χ1v) is 4.95. The van der Waals surface area contributed by atoms with E-state index in [1.165, 1.54) is 4.57 Å². The van der Waals surface area contributed by atoms with Crippen molar-refractivity contribution < 1.29 is 0 Å². The molecule has 0 aliphatic heterocycles. The predicted molar refractivity (Wildman–Crippen MR) is 63.8 cm³/mol. The molecule has 0 atom stereocenters. The molecule has 5 nitrogen and oxygen atoms in total. The summed E-state index contributed by atoms with van der Waals surface area (Å²) in [5, 5.41) is 0. The van der Waals surface area contributed by atoms with Crippen LogP contribution in [0.4, 0.5) is 5.82 Å². The van der Waals surface area contributed by atoms with Crippen LogP contribution in [0.5, 0.6) is 0 Å². The summed E-state index contributed by atoms with van der Waals surface area (Å²) >= 11 is 0. The summed E-state index contributed by atoms with van der Waals surface area (Å²) in [6.07, 6.45) is 1.62. The van der Waals surface area contributed by atoms with Gasteiger partial charge in [0.05, 0.1) is 12.1 Å². The zero-order valence-corrected chi connectivity index (χ0v) is 9.74. The molecule has 1 aromatic heterocycles. The molecule has 0 aliphatic carbocycles. The van der Waals surface area contributed by atoms with Gasteiger partial charge in [-0.2, -0.15) is 4.98 Å². The van der Waals surface area contributed by atoms with Crippen LogP contribution in [0.2, 0.25) is 0 Å². The first-order valence-electron chi connectivity index (χ1n) is 4.95. The van der Waals surface area contributed by atoms with E-state index >= 15 is 0 Å². The van der Waals surface area contributed by atoms with Gasteiger partial charge < -0.3 is 11.5 Å². The van der Waals surface area contributed by atoms with Gasteiger partial charge in [0.25, 0.3) is 0 Å². The van der Waals surface area contributed by atoms with E-state index in [1.807, 2.05) is 20.8 Å². The van der Waals surface area contributed by atoms with Gasteiger partial charge in [-0.05, 0) is 20.8 Å². The second-order valence-electron chi connectivity index (χ2n) is 4.37. The highest BCUT2D eigenvalue weighted by molar-refractivity contribution is 5.49. The van der Waals surface area contributed by atoms with E-state index in [4.69, 9.17) is 11.5 Å². The number of aromatic nitrogens is 2. The van der Waals surface area contributed by atoms with Gasteiger partial charge in [0.2, 0.25) is 0 Å². The van der Waals surface area contributed by atoms with Gasteiger partial charge in [0.1, 0.15) is 5.82 Å². The second-order valence-corrected chi connectivity index (χ2v) is 4.37. The van der Waals surface area contributed by atoms with Crippen LogP contribution in [-0.2, 0) is 5.54 Å². The number of nitrogens with two attached hydrogens (primary N) is 2. The molecule has 0 saturated carbocycles. The Hall–Kier alpha value is -1.80. The minimum Gasteiger partial charge on any atom is -0.382 e. The van der Waals surface area contributed by atoms with Crippen LogP contribution in [0, 0.1) is 11.8 Å². The Morgan fingerprint density at radius 2 is 2.12 bits per heavy atom. The quantitative estimate of drug-likeness (QED) is 0.597. The first-order chi connectivity index (χ1) is 7.36. The fraction of sp³-hybridized carbons (Fsp3) is 0.455. The molecule has 0 bridgehead atoms. The molecule has 5 heteroatoms. The van der Waals surface area contributed by atoms with Crippen LogP contribution in [0.1, 0.15) is 26.3 Å². The van der Waals surface area contributed by atoms with Crippen molar-refractivity contribution in [3.05, 3.63) is 22.2 Å². The Morgan fingerprint density at radius 3 is 2.62 bits per heavy atom. The van der Waals surface area contributed by atoms with E-state index in [9.17, 15) is 4.79 Å². The zero-order chi connectivity index (χ0) is 12.3. The summed E-state index contributed by atoms with van der Waals surface area (Å²) in [5.74, 6) is 5.62. The van der Waals surface area contributed by atoms with Crippen molar-refractivity contribution in [1.82, 2.24) is 9.55 Å². The Balaban J connectivity index is 3.39. The SMILES string of the molecule is CC(C)(C)n1cc(C#CCN)c(N)nc1=O. The van der Waals surface area contributed by atoms with Gasteiger partial charge in [0, 0.05) is 11.7 Å². The molecule has 1 aromatic rings. The van der Waals surface area contributed by atoms with Crippen molar-refractivity contribution >= 4 is 5.82 Å². The maximum Gasteiger partial charge on any atom is 0.350 e. The van der Waals surface area contributed by atoms with Gasteiger partial charge in [-0.15, -0.1) is 0 Å². The summed E-state index contributed by atoms with van der Waals surface area (Å²) in [6, 6.07) is 0. The fourth-order valence-corrected chi connectivity index (χ4v) is 1.19. The third-order valence-corrected chi connectivity index (χ3v) is 2.00. The number of hydrogen-bond acceptors (Lipinski definition) is 4. The molecule has 1 heterocycles. The van der Waals surface area contributed by atoms with Crippen molar-refractivity contribution in [2.45, 2.75) is 26.3 Å². The molecule has 0 unspecified atom stereocenters. The highest BCUT2D eigenvalue weighted by Gasteiger charge is 2.16. The lowest BCUT2D eigenvalue weighted by atomic mass is 10.1. The Morgan fingerprint density at radius 1 is 1.50 bits per heavy atom.